The number of nitrogens with one attached hydrogen (secondary N) is 1. The summed E-state index contributed by atoms with van der Waals surface area (Å²) >= 11 is 1.69. The normalized spacial score (nSPS) is 10.9. The van der Waals surface area contributed by atoms with E-state index >= 15 is 0 Å². The molecule has 5 heteroatoms. The topological polar surface area (TPSA) is 46.9 Å². The summed E-state index contributed by atoms with van der Waals surface area (Å²) in [6.07, 6.45) is 1.80. The van der Waals surface area contributed by atoms with Crippen molar-refractivity contribution in [1.29, 1.82) is 0 Å². The highest BCUT2D eigenvalue weighted by atomic mass is 32.1. The number of carbonyl (C=O) groups excluding carboxylic acids is 1. The van der Waals surface area contributed by atoms with Crippen molar-refractivity contribution in [2.75, 3.05) is 7.05 Å². The molecule has 0 aliphatic carbocycles. The van der Waals surface area contributed by atoms with Gasteiger partial charge in [-0.3, -0.25) is 9.36 Å². The fourth-order valence-corrected chi connectivity index (χ4v) is 3.43. The van der Waals surface area contributed by atoms with Crippen LogP contribution < -0.4 is 5.32 Å². The minimum atomic E-state index is -0.106. The number of carbonyl (C=O) groups is 1. The minimum Gasteiger partial charge on any atom is -0.355 e. The van der Waals surface area contributed by atoms with Crippen LogP contribution in [0.1, 0.15) is 10.4 Å². The second-order valence-electron chi connectivity index (χ2n) is 5.46. The van der Waals surface area contributed by atoms with E-state index in [1.807, 2.05) is 28.8 Å². The van der Waals surface area contributed by atoms with E-state index in [0.29, 0.717) is 5.56 Å². The lowest BCUT2D eigenvalue weighted by Crippen LogP contribution is -2.17. The molecule has 1 N–H and O–H groups in total. The van der Waals surface area contributed by atoms with Crippen LogP contribution in [0.15, 0.2) is 65.6 Å². The first-order valence-electron chi connectivity index (χ1n) is 7.58. The third-order valence-corrected chi connectivity index (χ3v) is 4.70. The van der Waals surface area contributed by atoms with Crippen LogP contribution in [0.2, 0.25) is 0 Å². The van der Waals surface area contributed by atoms with Crippen LogP contribution in [0.5, 0.6) is 0 Å². The first-order chi connectivity index (χ1) is 11.8. The zero-order valence-electron chi connectivity index (χ0n) is 13.1. The van der Waals surface area contributed by atoms with Crippen molar-refractivity contribution in [3.63, 3.8) is 0 Å². The number of hydrogen-bond acceptors (Lipinski definition) is 3. The van der Waals surface area contributed by atoms with Crippen molar-refractivity contribution >= 4 is 28.3 Å². The summed E-state index contributed by atoms with van der Waals surface area (Å²) in [5.41, 5.74) is 5.84. The van der Waals surface area contributed by atoms with E-state index in [-0.39, 0.29) is 5.91 Å². The molecule has 1 amide bonds. The van der Waals surface area contributed by atoms with Gasteiger partial charge in [0.05, 0.1) is 11.0 Å². The lowest BCUT2D eigenvalue weighted by atomic mass is 10.1. The zero-order chi connectivity index (χ0) is 16.5. The highest BCUT2D eigenvalue weighted by Crippen LogP contribution is 2.26. The van der Waals surface area contributed by atoms with E-state index in [4.69, 9.17) is 0 Å². The fourth-order valence-electron chi connectivity index (χ4n) is 2.77. The van der Waals surface area contributed by atoms with Crippen LogP contribution in [0.4, 0.5) is 0 Å². The van der Waals surface area contributed by atoms with Crippen LogP contribution in [-0.4, -0.2) is 22.5 Å². The summed E-state index contributed by atoms with van der Waals surface area (Å²) in [5, 5.41) is 6.85. The van der Waals surface area contributed by atoms with Gasteiger partial charge in [-0.1, -0.05) is 12.1 Å². The Morgan fingerprint density at radius 3 is 2.83 bits per heavy atom. The van der Waals surface area contributed by atoms with Gasteiger partial charge in [-0.15, -0.1) is 0 Å². The van der Waals surface area contributed by atoms with Gasteiger partial charge < -0.3 is 5.32 Å². The Morgan fingerprint density at radius 1 is 1.12 bits per heavy atom. The predicted octanol–water partition coefficient (Wildman–Crippen LogP) is 4.11. The molecular formula is C19H15N3OS. The smallest absolute Gasteiger partial charge is 0.251 e. The number of aromatic nitrogens is 2. The fraction of sp³-hybridized carbons (Fsp3) is 0.0526. The molecule has 0 aliphatic heterocycles. The Labute approximate surface area is 143 Å². The molecule has 2 aromatic carbocycles. The number of imidazole rings is 1. The summed E-state index contributed by atoms with van der Waals surface area (Å²) < 4.78 is 2.04. The number of amides is 1. The molecule has 4 nitrogen and oxygen atoms in total. The van der Waals surface area contributed by atoms with E-state index in [0.717, 1.165) is 16.7 Å². The highest BCUT2D eigenvalue weighted by Gasteiger charge is 2.09. The molecule has 4 aromatic rings. The SMILES string of the molecule is CNC(=O)c1ccc2c(c1)ncn2-c1cccc(-c2ccsc2)c1. The second kappa shape index (κ2) is 5.94. The summed E-state index contributed by atoms with van der Waals surface area (Å²) in [6, 6.07) is 16.0. The van der Waals surface area contributed by atoms with Crippen LogP contribution in [0, 0.1) is 0 Å². The molecule has 0 atom stereocenters. The quantitative estimate of drug-likeness (QED) is 0.613. The molecule has 2 heterocycles. The summed E-state index contributed by atoms with van der Waals surface area (Å²) in [7, 11) is 1.63. The standard InChI is InChI=1S/C19H15N3OS/c1-20-19(23)14-5-6-18-17(10-14)21-12-22(18)16-4-2-3-13(9-16)15-7-8-24-11-15/h2-12H,1H3,(H,20,23). The molecule has 4 rings (SSSR count). The molecule has 2 aromatic heterocycles. The van der Waals surface area contributed by atoms with Crippen molar-refractivity contribution in [3.8, 4) is 16.8 Å². The number of thiophene rings is 1. The van der Waals surface area contributed by atoms with E-state index in [9.17, 15) is 4.79 Å². The Balaban J connectivity index is 1.80. The maximum Gasteiger partial charge on any atom is 0.251 e. The van der Waals surface area contributed by atoms with Crippen molar-refractivity contribution in [1.82, 2.24) is 14.9 Å². The van der Waals surface area contributed by atoms with E-state index < -0.39 is 0 Å². The number of benzene rings is 2. The molecule has 0 radical (unpaired) electrons. The first-order valence-corrected chi connectivity index (χ1v) is 8.53. The van der Waals surface area contributed by atoms with Gasteiger partial charge in [0.2, 0.25) is 0 Å². The van der Waals surface area contributed by atoms with Crippen LogP contribution in [-0.2, 0) is 0 Å². The molecule has 0 fully saturated rings. The average Bonchev–Trinajstić information content (AvgIpc) is 3.30. The van der Waals surface area contributed by atoms with Crippen molar-refractivity contribution in [2.45, 2.75) is 0 Å². The lowest BCUT2D eigenvalue weighted by molar-refractivity contribution is 0.0963. The molecule has 0 aliphatic rings. The third-order valence-electron chi connectivity index (χ3n) is 4.02. The van der Waals surface area contributed by atoms with Gasteiger partial charge >= 0.3 is 0 Å². The zero-order valence-corrected chi connectivity index (χ0v) is 13.9. The van der Waals surface area contributed by atoms with E-state index in [1.54, 1.807) is 24.7 Å². The highest BCUT2D eigenvalue weighted by molar-refractivity contribution is 7.08. The summed E-state index contributed by atoms with van der Waals surface area (Å²) in [5.74, 6) is -0.106. The van der Waals surface area contributed by atoms with Crippen molar-refractivity contribution in [2.24, 2.45) is 0 Å². The Hall–Kier alpha value is -2.92. The molecule has 0 unspecified atom stereocenters. The molecule has 0 saturated carbocycles. The number of hydrogen-bond donors (Lipinski definition) is 1. The lowest BCUT2D eigenvalue weighted by Gasteiger charge is -2.07. The number of fused-ring (bicyclic) bond motifs is 1. The van der Waals surface area contributed by atoms with E-state index in [2.05, 4.69) is 45.3 Å². The minimum absolute atomic E-state index is 0.106. The van der Waals surface area contributed by atoms with Gasteiger partial charge in [-0.25, -0.2) is 4.98 Å². The average molecular weight is 333 g/mol. The molecule has 24 heavy (non-hydrogen) atoms. The van der Waals surface area contributed by atoms with Gasteiger partial charge in [0.15, 0.2) is 0 Å². The largest absolute Gasteiger partial charge is 0.355 e. The Morgan fingerprint density at radius 2 is 2.04 bits per heavy atom. The van der Waals surface area contributed by atoms with Gasteiger partial charge in [0, 0.05) is 18.3 Å². The Bertz CT molecular complexity index is 1020. The number of nitrogens with zero attached hydrogens (tertiary/aromatic N) is 2. The van der Waals surface area contributed by atoms with Crippen LogP contribution in [0.25, 0.3) is 27.8 Å². The van der Waals surface area contributed by atoms with Gasteiger partial charge in [0.25, 0.3) is 5.91 Å². The number of rotatable bonds is 3. The van der Waals surface area contributed by atoms with Crippen LogP contribution >= 0.6 is 11.3 Å². The predicted molar refractivity (Wildman–Crippen MR) is 97.8 cm³/mol. The molecule has 0 saturated heterocycles. The first kappa shape index (κ1) is 14.7. The van der Waals surface area contributed by atoms with Gasteiger partial charge in [-0.05, 0) is 58.3 Å². The third kappa shape index (κ3) is 2.49. The Kier molecular flexibility index (Phi) is 3.63. The molecular weight excluding hydrogens is 318 g/mol. The van der Waals surface area contributed by atoms with Crippen LogP contribution in [0.3, 0.4) is 0 Å². The van der Waals surface area contributed by atoms with Gasteiger partial charge in [0.1, 0.15) is 6.33 Å². The van der Waals surface area contributed by atoms with Crippen molar-refractivity contribution < 1.29 is 4.79 Å². The molecule has 118 valence electrons. The molecule has 0 spiro atoms. The monoisotopic (exact) mass is 333 g/mol. The second-order valence-corrected chi connectivity index (χ2v) is 6.24. The van der Waals surface area contributed by atoms with E-state index in [1.165, 1.54) is 11.1 Å². The molecule has 0 bridgehead atoms. The summed E-state index contributed by atoms with van der Waals surface area (Å²) in [4.78, 5) is 16.2. The maximum absolute atomic E-state index is 11.8. The van der Waals surface area contributed by atoms with Crippen molar-refractivity contribution in [3.05, 3.63) is 71.2 Å². The maximum atomic E-state index is 11.8. The summed E-state index contributed by atoms with van der Waals surface area (Å²) in [6.45, 7) is 0. The van der Waals surface area contributed by atoms with Gasteiger partial charge in [-0.2, -0.15) is 11.3 Å².